The zero-order valence-electron chi connectivity index (χ0n) is 11.4. The normalized spacial score (nSPS) is 24.6. The molecule has 1 saturated heterocycles. The molecule has 1 aromatic carbocycles. The predicted octanol–water partition coefficient (Wildman–Crippen LogP) is 3.94. The minimum Gasteiger partial charge on any atom is -0.329 e. The number of rotatable bonds is 4. The highest BCUT2D eigenvalue weighted by molar-refractivity contribution is 6.34. The first-order chi connectivity index (χ1) is 9.12. The van der Waals surface area contributed by atoms with E-state index in [9.17, 15) is 0 Å². The van der Waals surface area contributed by atoms with Crippen LogP contribution in [0.25, 0.3) is 0 Å². The number of benzene rings is 1. The molecule has 19 heavy (non-hydrogen) atoms. The molecule has 1 heterocycles. The number of piperidine rings is 1. The molecule has 2 unspecified atom stereocenters. The van der Waals surface area contributed by atoms with Gasteiger partial charge in [-0.15, -0.1) is 0 Å². The van der Waals surface area contributed by atoms with Crippen LogP contribution in [0.15, 0.2) is 18.2 Å². The zero-order chi connectivity index (χ0) is 13.8. The maximum Gasteiger partial charge on any atom is 0.0424 e. The lowest BCUT2D eigenvalue weighted by Crippen LogP contribution is -2.46. The van der Waals surface area contributed by atoms with Crippen LogP contribution in [0.5, 0.6) is 0 Å². The van der Waals surface area contributed by atoms with Crippen molar-refractivity contribution < 1.29 is 0 Å². The van der Waals surface area contributed by atoms with E-state index in [1.165, 1.54) is 24.8 Å². The van der Waals surface area contributed by atoms with Gasteiger partial charge < -0.3 is 5.73 Å². The molecule has 2 N–H and O–H groups in total. The molecule has 2 atom stereocenters. The summed E-state index contributed by atoms with van der Waals surface area (Å²) in [4.78, 5) is 2.47. The molecule has 1 aliphatic rings. The first-order valence-electron chi connectivity index (χ1n) is 7.01. The number of hydrogen-bond acceptors (Lipinski definition) is 2. The fourth-order valence-electron chi connectivity index (χ4n) is 2.94. The summed E-state index contributed by atoms with van der Waals surface area (Å²) in [6.45, 7) is 5.00. The Morgan fingerprint density at radius 3 is 2.53 bits per heavy atom. The van der Waals surface area contributed by atoms with Crippen molar-refractivity contribution >= 4 is 23.2 Å². The molecular formula is C15H22Cl2N2. The van der Waals surface area contributed by atoms with Crippen LogP contribution >= 0.6 is 23.2 Å². The second kappa shape index (κ2) is 6.94. The van der Waals surface area contributed by atoms with Crippen molar-refractivity contribution in [3.05, 3.63) is 33.8 Å². The van der Waals surface area contributed by atoms with E-state index >= 15 is 0 Å². The Morgan fingerprint density at radius 1 is 1.26 bits per heavy atom. The van der Waals surface area contributed by atoms with Crippen molar-refractivity contribution in [1.82, 2.24) is 4.90 Å². The van der Waals surface area contributed by atoms with Gasteiger partial charge in [0.05, 0.1) is 0 Å². The van der Waals surface area contributed by atoms with Gasteiger partial charge in [0.2, 0.25) is 0 Å². The summed E-state index contributed by atoms with van der Waals surface area (Å²) in [6, 6.07) is 6.24. The highest BCUT2D eigenvalue weighted by Gasteiger charge is 2.26. The van der Waals surface area contributed by atoms with Crippen molar-refractivity contribution in [2.45, 2.75) is 38.8 Å². The van der Waals surface area contributed by atoms with E-state index in [2.05, 4.69) is 11.8 Å². The molecular weight excluding hydrogens is 279 g/mol. The molecule has 0 spiro atoms. The highest BCUT2D eigenvalue weighted by Crippen LogP contribution is 2.27. The van der Waals surface area contributed by atoms with E-state index in [4.69, 9.17) is 28.9 Å². The standard InChI is InChI=1S/C15H22Cl2N2/c1-2-11-3-4-19(15(7-11)9-18)10-12-5-13(16)8-14(17)6-12/h5-6,8,11,15H,2-4,7,9-10,18H2,1H3. The van der Waals surface area contributed by atoms with Crippen LogP contribution in [-0.4, -0.2) is 24.0 Å². The smallest absolute Gasteiger partial charge is 0.0424 e. The van der Waals surface area contributed by atoms with Gasteiger partial charge in [-0.05, 0) is 49.1 Å². The van der Waals surface area contributed by atoms with Crippen LogP contribution in [0.2, 0.25) is 10.0 Å². The fourth-order valence-corrected chi connectivity index (χ4v) is 3.51. The molecule has 0 saturated carbocycles. The van der Waals surface area contributed by atoms with E-state index in [-0.39, 0.29) is 0 Å². The Balaban J connectivity index is 2.05. The van der Waals surface area contributed by atoms with Crippen LogP contribution in [0, 0.1) is 5.92 Å². The number of nitrogens with two attached hydrogens (primary N) is 1. The highest BCUT2D eigenvalue weighted by atomic mass is 35.5. The van der Waals surface area contributed by atoms with Gasteiger partial charge in [0.1, 0.15) is 0 Å². The average Bonchev–Trinajstić information content (AvgIpc) is 2.38. The van der Waals surface area contributed by atoms with Crippen molar-refractivity contribution in [1.29, 1.82) is 0 Å². The van der Waals surface area contributed by atoms with E-state index in [0.29, 0.717) is 16.1 Å². The van der Waals surface area contributed by atoms with Crippen molar-refractivity contribution in [3.63, 3.8) is 0 Å². The van der Waals surface area contributed by atoms with E-state index < -0.39 is 0 Å². The lowest BCUT2D eigenvalue weighted by atomic mass is 9.88. The van der Waals surface area contributed by atoms with Crippen molar-refractivity contribution in [2.75, 3.05) is 13.1 Å². The van der Waals surface area contributed by atoms with E-state index in [1.807, 2.05) is 12.1 Å². The maximum absolute atomic E-state index is 6.06. The number of nitrogens with zero attached hydrogens (tertiary/aromatic N) is 1. The summed E-state index contributed by atoms with van der Waals surface area (Å²) in [5, 5.41) is 1.41. The molecule has 1 fully saturated rings. The Bertz CT molecular complexity index is 402. The Hall–Kier alpha value is -0.280. The summed E-state index contributed by atoms with van der Waals surface area (Å²) in [5.41, 5.74) is 7.10. The van der Waals surface area contributed by atoms with Gasteiger partial charge in [-0.1, -0.05) is 36.5 Å². The topological polar surface area (TPSA) is 29.3 Å². The third-order valence-electron chi connectivity index (χ3n) is 4.10. The third-order valence-corrected chi connectivity index (χ3v) is 4.54. The van der Waals surface area contributed by atoms with Crippen molar-refractivity contribution in [2.24, 2.45) is 11.7 Å². The predicted molar refractivity (Wildman–Crippen MR) is 82.7 cm³/mol. The lowest BCUT2D eigenvalue weighted by Gasteiger charge is -2.39. The molecule has 1 aliphatic heterocycles. The molecule has 1 aromatic rings. The number of hydrogen-bond donors (Lipinski definition) is 1. The molecule has 2 rings (SSSR count). The number of likely N-dealkylation sites (tertiary alicyclic amines) is 1. The quantitative estimate of drug-likeness (QED) is 0.912. The minimum absolute atomic E-state index is 0.483. The second-order valence-corrected chi connectivity index (χ2v) is 6.31. The van der Waals surface area contributed by atoms with Crippen LogP contribution in [0.1, 0.15) is 31.7 Å². The number of halogens is 2. The van der Waals surface area contributed by atoms with Crippen LogP contribution < -0.4 is 5.73 Å². The second-order valence-electron chi connectivity index (χ2n) is 5.44. The molecule has 106 valence electrons. The molecule has 4 heteroatoms. The summed E-state index contributed by atoms with van der Waals surface area (Å²) >= 11 is 12.1. The molecule has 0 radical (unpaired) electrons. The van der Waals surface area contributed by atoms with Crippen LogP contribution in [-0.2, 0) is 6.54 Å². The van der Waals surface area contributed by atoms with Gasteiger partial charge in [-0.2, -0.15) is 0 Å². The van der Waals surface area contributed by atoms with E-state index in [0.717, 1.165) is 25.6 Å². The SMILES string of the molecule is CCC1CCN(Cc2cc(Cl)cc(Cl)c2)C(CN)C1. The van der Waals surface area contributed by atoms with Gasteiger partial charge in [-0.3, -0.25) is 4.90 Å². The minimum atomic E-state index is 0.483. The van der Waals surface area contributed by atoms with E-state index in [1.54, 1.807) is 6.07 Å². The first kappa shape index (κ1) is 15.1. The maximum atomic E-state index is 6.06. The molecule has 0 aliphatic carbocycles. The molecule has 0 bridgehead atoms. The largest absolute Gasteiger partial charge is 0.329 e. The summed E-state index contributed by atoms with van der Waals surface area (Å²) in [7, 11) is 0. The molecule has 0 amide bonds. The van der Waals surface area contributed by atoms with Gasteiger partial charge in [-0.25, -0.2) is 0 Å². The van der Waals surface area contributed by atoms with Crippen molar-refractivity contribution in [3.8, 4) is 0 Å². The van der Waals surface area contributed by atoms with Gasteiger partial charge in [0, 0.05) is 29.2 Å². The first-order valence-corrected chi connectivity index (χ1v) is 7.77. The van der Waals surface area contributed by atoms with Crippen LogP contribution in [0.4, 0.5) is 0 Å². The zero-order valence-corrected chi connectivity index (χ0v) is 12.9. The van der Waals surface area contributed by atoms with Gasteiger partial charge in [0.25, 0.3) is 0 Å². The molecule has 0 aromatic heterocycles. The van der Waals surface area contributed by atoms with Crippen LogP contribution in [0.3, 0.4) is 0 Å². The summed E-state index contributed by atoms with van der Waals surface area (Å²) < 4.78 is 0. The summed E-state index contributed by atoms with van der Waals surface area (Å²) in [6.07, 6.45) is 3.73. The summed E-state index contributed by atoms with van der Waals surface area (Å²) in [5.74, 6) is 0.827. The molecule has 2 nitrogen and oxygen atoms in total. The Kier molecular flexibility index (Phi) is 5.52. The third kappa shape index (κ3) is 4.09. The monoisotopic (exact) mass is 300 g/mol. The Labute approximate surface area is 125 Å². The average molecular weight is 301 g/mol. The lowest BCUT2D eigenvalue weighted by molar-refractivity contribution is 0.107. The Morgan fingerprint density at radius 2 is 1.95 bits per heavy atom. The fraction of sp³-hybridized carbons (Fsp3) is 0.600. The van der Waals surface area contributed by atoms with Gasteiger partial charge in [0.15, 0.2) is 0 Å². The van der Waals surface area contributed by atoms with Gasteiger partial charge >= 0.3 is 0 Å².